The van der Waals surface area contributed by atoms with Gasteiger partial charge in [0.05, 0.1) is 12.7 Å². The third-order valence-corrected chi connectivity index (χ3v) is 2.17. The molecular formula is C13H18O. The summed E-state index contributed by atoms with van der Waals surface area (Å²) < 4.78 is 5.72. The second kappa shape index (κ2) is 5.61. The molecule has 1 aromatic rings. The summed E-state index contributed by atoms with van der Waals surface area (Å²) in [5.41, 5.74) is 1.21. The molecule has 1 unspecified atom stereocenters. The van der Waals surface area contributed by atoms with Crippen LogP contribution in [0.25, 0.3) is 0 Å². The van der Waals surface area contributed by atoms with E-state index in [2.05, 4.69) is 32.6 Å². The van der Waals surface area contributed by atoms with Crippen molar-refractivity contribution in [3.63, 3.8) is 0 Å². The fraction of sp³-hybridized carbons (Fsp3) is 0.385. The smallest absolute Gasteiger partial charge is 0.0780 e. The number of rotatable bonds is 5. The summed E-state index contributed by atoms with van der Waals surface area (Å²) >= 11 is 0. The summed E-state index contributed by atoms with van der Waals surface area (Å²) in [5, 5.41) is 0. The summed E-state index contributed by atoms with van der Waals surface area (Å²) in [7, 11) is 0. The van der Waals surface area contributed by atoms with Gasteiger partial charge in [0.1, 0.15) is 0 Å². The third kappa shape index (κ3) is 3.35. The van der Waals surface area contributed by atoms with Gasteiger partial charge in [0.2, 0.25) is 0 Å². The average molecular weight is 190 g/mol. The van der Waals surface area contributed by atoms with Crippen LogP contribution in [0.4, 0.5) is 0 Å². The number of hydrogen-bond acceptors (Lipinski definition) is 1. The lowest BCUT2D eigenvalue weighted by Gasteiger charge is -2.17. The normalized spacial score (nSPS) is 12.8. The van der Waals surface area contributed by atoms with Crippen molar-refractivity contribution in [2.45, 2.75) is 26.6 Å². The van der Waals surface area contributed by atoms with Crippen LogP contribution >= 0.6 is 0 Å². The minimum Gasteiger partial charge on any atom is -0.369 e. The van der Waals surface area contributed by atoms with E-state index in [9.17, 15) is 0 Å². The van der Waals surface area contributed by atoms with Gasteiger partial charge in [-0.05, 0) is 11.5 Å². The van der Waals surface area contributed by atoms with E-state index in [0.29, 0.717) is 12.5 Å². The Balaban J connectivity index is 2.43. The molecule has 0 bridgehead atoms. The Kier molecular flexibility index (Phi) is 4.41. The maximum absolute atomic E-state index is 5.72. The monoisotopic (exact) mass is 190 g/mol. The predicted octanol–water partition coefficient (Wildman–Crippen LogP) is 3.41. The van der Waals surface area contributed by atoms with Gasteiger partial charge in [-0.15, -0.1) is 6.58 Å². The predicted molar refractivity (Wildman–Crippen MR) is 60.1 cm³/mol. The Morgan fingerprint density at radius 3 is 2.43 bits per heavy atom. The molecule has 0 saturated carbocycles. The zero-order valence-corrected chi connectivity index (χ0v) is 8.94. The Morgan fingerprint density at radius 1 is 1.29 bits per heavy atom. The fourth-order valence-corrected chi connectivity index (χ4v) is 1.30. The van der Waals surface area contributed by atoms with Gasteiger partial charge >= 0.3 is 0 Å². The van der Waals surface area contributed by atoms with Gasteiger partial charge in [0.25, 0.3) is 0 Å². The van der Waals surface area contributed by atoms with Crippen LogP contribution < -0.4 is 0 Å². The summed E-state index contributed by atoms with van der Waals surface area (Å²) in [5.74, 6) is 0.483. The van der Waals surface area contributed by atoms with E-state index in [4.69, 9.17) is 4.74 Å². The van der Waals surface area contributed by atoms with Crippen molar-refractivity contribution in [2.24, 2.45) is 5.92 Å². The first-order valence-electron chi connectivity index (χ1n) is 5.02. The van der Waals surface area contributed by atoms with Crippen LogP contribution in [-0.4, -0.2) is 6.10 Å². The first-order chi connectivity index (χ1) is 6.74. The highest BCUT2D eigenvalue weighted by Gasteiger charge is 2.08. The molecule has 1 aromatic carbocycles. The van der Waals surface area contributed by atoms with Gasteiger partial charge in [-0.1, -0.05) is 50.3 Å². The summed E-state index contributed by atoms with van der Waals surface area (Å²) in [6, 6.07) is 10.2. The molecule has 1 heteroatoms. The van der Waals surface area contributed by atoms with Crippen LogP contribution in [0.2, 0.25) is 0 Å². The SMILES string of the molecule is C=CC(OCc1ccccc1)C(C)C. The molecule has 0 radical (unpaired) electrons. The second-order valence-corrected chi connectivity index (χ2v) is 3.74. The van der Waals surface area contributed by atoms with E-state index in [1.54, 1.807) is 0 Å². The molecule has 1 nitrogen and oxygen atoms in total. The molecule has 0 aliphatic rings. The summed E-state index contributed by atoms with van der Waals surface area (Å²) in [6.45, 7) is 8.70. The van der Waals surface area contributed by atoms with Crippen LogP contribution in [0.5, 0.6) is 0 Å². The van der Waals surface area contributed by atoms with Crippen LogP contribution in [0.3, 0.4) is 0 Å². The van der Waals surface area contributed by atoms with E-state index in [1.807, 2.05) is 24.3 Å². The van der Waals surface area contributed by atoms with Gasteiger partial charge in [0, 0.05) is 0 Å². The van der Waals surface area contributed by atoms with Gasteiger partial charge in [-0.25, -0.2) is 0 Å². The lowest BCUT2D eigenvalue weighted by atomic mass is 10.1. The topological polar surface area (TPSA) is 9.23 Å². The molecule has 0 fully saturated rings. The van der Waals surface area contributed by atoms with E-state index >= 15 is 0 Å². The molecule has 0 aliphatic heterocycles. The number of benzene rings is 1. The fourth-order valence-electron chi connectivity index (χ4n) is 1.30. The largest absolute Gasteiger partial charge is 0.369 e. The van der Waals surface area contributed by atoms with E-state index in [1.165, 1.54) is 5.56 Å². The standard InChI is InChI=1S/C13H18O/c1-4-13(11(2)3)14-10-12-8-6-5-7-9-12/h4-9,11,13H,1,10H2,2-3H3. The maximum atomic E-state index is 5.72. The Bertz CT molecular complexity index is 264. The van der Waals surface area contributed by atoms with Crippen molar-refractivity contribution in [3.05, 3.63) is 48.6 Å². The minimum absolute atomic E-state index is 0.148. The highest BCUT2D eigenvalue weighted by Crippen LogP contribution is 2.10. The quantitative estimate of drug-likeness (QED) is 0.646. The number of hydrogen-bond donors (Lipinski definition) is 0. The summed E-state index contributed by atoms with van der Waals surface area (Å²) in [6.07, 6.45) is 2.02. The molecule has 0 amide bonds. The van der Waals surface area contributed by atoms with E-state index < -0.39 is 0 Å². The number of ether oxygens (including phenoxy) is 1. The van der Waals surface area contributed by atoms with Crippen molar-refractivity contribution in [1.29, 1.82) is 0 Å². The zero-order valence-electron chi connectivity index (χ0n) is 8.94. The van der Waals surface area contributed by atoms with E-state index in [-0.39, 0.29) is 6.10 Å². The molecular weight excluding hydrogens is 172 g/mol. The molecule has 14 heavy (non-hydrogen) atoms. The van der Waals surface area contributed by atoms with E-state index in [0.717, 1.165) is 0 Å². The average Bonchev–Trinajstić information content (AvgIpc) is 2.20. The molecule has 0 aliphatic carbocycles. The summed E-state index contributed by atoms with van der Waals surface area (Å²) in [4.78, 5) is 0. The Hall–Kier alpha value is -1.08. The van der Waals surface area contributed by atoms with Gasteiger partial charge in [-0.2, -0.15) is 0 Å². The third-order valence-electron chi connectivity index (χ3n) is 2.17. The van der Waals surface area contributed by atoms with Crippen LogP contribution in [0.15, 0.2) is 43.0 Å². The molecule has 0 aromatic heterocycles. The highest BCUT2D eigenvalue weighted by molar-refractivity contribution is 5.13. The molecule has 1 rings (SSSR count). The second-order valence-electron chi connectivity index (χ2n) is 3.74. The molecule has 0 heterocycles. The highest BCUT2D eigenvalue weighted by atomic mass is 16.5. The van der Waals surface area contributed by atoms with Crippen LogP contribution in [0, 0.1) is 5.92 Å². The maximum Gasteiger partial charge on any atom is 0.0780 e. The van der Waals surface area contributed by atoms with Crippen molar-refractivity contribution in [3.8, 4) is 0 Å². The van der Waals surface area contributed by atoms with Crippen molar-refractivity contribution >= 4 is 0 Å². The van der Waals surface area contributed by atoms with Crippen LogP contribution in [-0.2, 0) is 11.3 Å². The first kappa shape index (κ1) is 11.0. The van der Waals surface area contributed by atoms with Crippen LogP contribution in [0.1, 0.15) is 19.4 Å². The van der Waals surface area contributed by atoms with Gasteiger partial charge in [-0.3, -0.25) is 0 Å². The van der Waals surface area contributed by atoms with Crippen molar-refractivity contribution < 1.29 is 4.74 Å². The van der Waals surface area contributed by atoms with Gasteiger partial charge in [0.15, 0.2) is 0 Å². The van der Waals surface area contributed by atoms with Crippen molar-refractivity contribution in [1.82, 2.24) is 0 Å². The molecule has 1 atom stereocenters. The van der Waals surface area contributed by atoms with Crippen molar-refractivity contribution in [2.75, 3.05) is 0 Å². The minimum atomic E-state index is 0.148. The molecule has 0 saturated heterocycles. The first-order valence-corrected chi connectivity index (χ1v) is 5.02. The lowest BCUT2D eigenvalue weighted by Crippen LogP contribution is -2.16. The lowest BCUT2D eigenvalue weighted by molar-refractivity contribution is 0.0431. The zero-order chi connectivity index (χ0) is 10.4. The molecule has 76 valence electrons. The Morgan fingerprint density at radius 2 is 1.93 bits per heavy atom. The Labute approximate surface area is 86.4 Å². The van der Waals surface area contributed by atoms with Gasteiger partial charge < -0.3 is 4.74 Å². The molecule has 0 spiro atoms. The molecule has 0 N–H and O–H groups in total.